The first-order valence-corrected chi connectivity index (χ1v) is 11.5. The smallest absolute Gasteiger partial charge is 0.237 e. The summed E-state index contributed by atoms with van der Waals surface area (Å²) in [7, 11) is 0. The van der Waals surface area contributed by atoms with Gasteiger partial charge < -0.3 is 26.9 Å². The fraction of sp³-hybridized carbons (Fsp3) is 0.440. The summed E-state index contributed by atoms with van der Waals surface area (Å²) in [4.78, 5) is 20.4. The average Bonchev–Trinajstić information content (AvgIpc) is 3.19. The van der Waals surface area contributed by atoms with Gasteiger partial charge in [-0.25, -0.2) is 13.8 Å². The van der Waals surface area contributed by atoms with E-state index in [-0.39, 0.29) is 18.4 Å². The van der Waals surface area contributed by atoms with Crippen molar-refractivity contribution in [3.8, 4) is 0 Å². The van der Waals surface area contributed by atoms with Crippen molar-refractivity contribution in [2.45, 2.75) is 64.1 Å². The van der Waals surface area contributed by atoms with Crippen LogP contribution in [0.25, 0.3) is 11.0 Å². The standard InChI is InChI=1S/C25H33F2N5O2/c1-14-11-21-22(12-15(14)2)31-24(30-21)23(33)20(32-25(34)19(29)5-3-4-10-28)9-7-16-6-8-17(26)13-18(16)27/h6,8,11-13,19-20,23,33H,3-5,7,9-10,28-29H2,1-2H3,(H,30,31)(H,32,34)/t19-,20?,23-/m1/s1. The molecule has 2 aromatic carbocycles. The third-order valence-electron chi connectivity index (χ3n) is 6.15. The van der Waals surface area contributed by atoms with Crippen LogP contribution in [0, 0.1) is 25.5 Å². The van der Waals surface area contributed by atoms with Crippen LogP contribution in [-0.4, -0.2) is 39.6 Å². The fourth-order valence-electron chi connectivity index (χ4n) is 3.89. The number of amides is 1. The molecule has 184 valence electrons. The first-order chi connectivity index (χ1) is 16.2. The zero-order valence-corrected chi connectivity index (χ0v) is 19.6. The van der Waals surface area contributed by atoms with E-state index in [1.807, 2.05) is 26.0 Å². The van der Waals surface area contributed by atoms with Gasteiger partial charge in [0.25, 0.3) is 0 Å². The Morgan fingerprint density at radius 2 is 1.88 bits per heavy atom. The Kier molecular flexibility index (Phi) is 8.71. The van der Waals surface area contributed by atoms with Crippen molar-refractivity contribution in [2.75, 3.05) is 6.54 Å². The first kappa shape index (κ1) is 25.7. The molecule has 3 atom stereocenters. The highest BCUT2D eigenvalue weighted by Crippen LogP contribution is 2.24. The molecule has 9 heteroatoms. The van der Waals surface area contributed by atoms with E-state index in [1.165, 1.54) is 12.1 Å². The molecule has 3 aromatic rings. The van der Waals surface area contributed by atoms with E-state index in [0.29, 0.717) is 30.7 Å². The number of unbranched alkanes of at least 4 members (excludes halogenated alkanes) is 1. The minimum Gasteiger partial charge on any atom is -0.383 e. The highest BCUT2D eigenvalue weighted by Gasteiger charge is 2.27. The van der Waals surface area contributed by atoms with Crippen LogP contribution in [0.3, 0.4) is 0 Å². The molecule has 1 unspecified atom stereocenters. The highest BCUT2D eigenvalue weighted by atomic mass is 19.1. The Balaban J connectivity index is 1.81. The van der Waals surface area contributed by atoms with Gasteiger partial charge in [0.05, 0.1) is 23.1 Å². The molecular formula is C25H33F2N5O2. The Labute approximate surface area is 197 Å². The molecule has 1 amide bonds. The van der Waals surface area contributed by atoms with Gasteiger partial charge >= 0.3 is 0 Å². The van der Waals surface area contributed by atoms with Crippen molar-refractivity contribution >= 4 is 16.9 Å². The SMILES string of the molecule is Cc1cc2nc([C@H](O)C(CCc3ccc(F)cc3F)NC(=O)[C@H](N)CCCCN)[nH]c2cc1C. The molecule has 3 rings (SSSR count). The second-order valence-corrected chi connectivity index (χ2v) is 8.80. The second kappa shape index (κ2) is 11.5. The van der Waals surface area contributed by atoms with Gasteiger partial charge in [0.15, 0.2) is 0 Å². The summed E-state index contributed by atoms with van der Waals surface area (Å²) >= 11 is 0. The van der Waals surface area contributed by atoms with Crippen molar-refractivity contribution in [1.29, 1.82) is 0 Å². The zero-order valence-electron chi connectivity index (χ0n) is 19.6. The number of nitrogens with one attached hydrogen (secondary N) is 2. The topological polar surface area (TPSA) is 130 Å². The molecule has 1 aromatic heterocycles. The van der Waals surface area contributed by atoms with E-state index in [1.54, 1.807) is 0 Å². The minimum atomic E-state index is -1.18. The molecule has 0 aliphatic rings. The number of hydrogen-bond donors (Lipinski definition) is 5. The van der Waals surface area contributed by atoms with Crippen LogP contribution < -0.4 is 16.8 Å². The van der Waals surface area contributed by atoms with E-state index in [2.05, 4.69) is 15.3 Å². The van der Waals surface area contributed by atoms with Crippen LogP contribution >= 0.6 is 0 Å². The summed E-state index contributed by atoms with van der Waals surface area (Å²) in [6.45, 7) is 4.48. The maximum atomic E-state index is 14.2. The summed E-state index contributed by atoms with van der Waals surface area (Å²) in [6.07, 6.45) is 1.11. The van der Waals surface area contributed by atoms with Crippen LogP contribution in [0.2, 0.25) is 0 Å². The van der Waals surface area contributed by atoms with E-state index in [4.69, 9.17) is 11.5 Å². The number of rotatable bonds is 11. The third kappa shape index (κ3) is 6.37. The molecule has 7 nitrogen and oxygen atoms in total. The summed E-state index contributed by atoms with van der Waals surface area (Å²) in [6, 6.07) is 5.68. The average molecular weight is 474 g/mol. The van der Waals surface area contributed by atoms with Gasteiger partial charge in [-0.1, -0.05) is 12.5 Å². The molecule has 34 heavy (non-hydrogen) atoms. The molecule has 0 aliphatic heterocycles. The van der Waals surface area contributed by atoms with Crippen molar-refractivity contribution in [3.63, 3.8) is 0 Å². The number of benzene rings is 2. The Morgan fingerprint density at radius 3 is 2.59 bits per heavy atom. The molecule has 1 heterocycles. The van der Waals surface area contributed by atoms with Gasteiger partial charge in [-0.15, -0.1) is 0 Å². The van der Waals surface area contributed by atoms with Gasteiger partial charge in [0.2, 0.25) is 5.91 Å². The number of aromatic nitrogens is 2. The van der Waals surface area contributed by atoms with Crippen molar-refractivity contribution in [2.24, 2.45) is 11.5 Å². The van der Waals surface area contributed by atoms with Gasteiger partial charge in [-0.05, 0) is 81.0 Å². The number of aliphatic hydroxyl groups excluding tert-OH is 1. The maximum Gasteiger partial charge on any atom is 0.237 e. The van der Waals surface area contributed by atoms with Crippen molar-refractivity contribution in [3.05, 3.63) is 64.5 Å². The van der Waals surface area contributed by atoms with Crippen LogP contribution in [0.5, 0.6) is 0 Å². The Morgan fingerprint density at radius 1 is 1.15 bits per heavy atom. The number of aliphatic hydroxyl groups is 1. The van der Waals surface area contributed by atoms with Gasteiger partial charge in [-0.3, -0.25) is 4.79 Å². The summed E-state index contributed by atoms with van der Waals surface area (Å²) in [5.41, 5.74) is 15.4. The molecule has 0 radical (unpaired) electrons. The predicted octanol–water partition coefficient (Wildman–Crippen LogP) is 3.07. The zero-order chi connectivity index (χ0) is 24.8. The lowest BCUT2D eigenvalue weighted by atomic mass is 9.99. The van der Waals surface area contributed by atoms with Gasteiger partial charge in [0.1, 0.15) is 23.6 Å². The number of nitrogens with zero attached hydrogens (tertiary/aromatic N) is 1. The predicted molar refractivity (Wildman–Crippen MR) is 128 cm³/mol. The highest BCUT2D eigenvalue weighted by molar-refractivity contribution is 5.82. The number of H-pyrrole nitrogens is 1. The molecule has 0 aliphatic carbocycles. The first-order valence-electron chi connectivity index (χ1n) is 11.5. The number of carbonyl (C=O) groups is 1. The van der Waals surface area contributed by atoms with Crippen LogP contribution in [0.15, 0.2) is 30.3 Å². The quantitative estimate of drug-likeness (QED) is 0.273. The third-order valence-corrected chi connectivity index (χ3v) is 6.15. The van der Waals surface area contributed by atoms with Gasteiger partial charge in [-0.2, -0.15) is 0 Å². The van der Waals surface area contributed by atoms with E-state index >= 15 is 0 Å². The molecule has 0 spiro atoms. The molecule has 0 fully saturated rings. The summed E-state index contributed by atoms with van der Waals surface area (Å²) < 4.78 is 27.4. The van der Waals surface area contributed by atoms with Crippen molar-refractivity contribution < 1.29 is 18.7 Å². The number of fused-ring (bicyclic) bond motifs is 1. The number of hydrogen-bond acceptors (Lipinski definition) is 5. The molecular weight excluding hydrogens is 440 g/mol. The number of imidazole rings is 1. The number of aromatic amines is 1. The molecule has 7 N–H and O–H groups in total. The Bertz CT molecular complexity index is 1090. The normalized spacial score (nSPS) is 14.2. The van der Waals surface area contributed by atoms with Crippen molar-refractivity contribution in [1.82, 2.24) is 15.3 Å². The molecule has 0 saturated carbocycles. The fourth-order valence-corrected chi connectivity index (χ4v) is 3.89. The lowest BCUT2D eigenvalue weighted by Gasteiger charge is -2.25. The van der Waals surface area contributed by atoms with Crippen LogP contribution in [-0.2, 0) is 11.2 Å². The lowest BCUT2D eigenvalue weighted by Crippen LogP contribution is -2.48. The van der Waals surface area contributed by atoms with E-state index in [0.717, 1.165) is 29.1 Å². The largest absolute Gasteiger partial charge is 0.383 e. The van der Waals surface area contributed by atoms with Crippen LogP contribution in [0.1, 0.15) is 54.3 Å². The number of aryl methyl sites for hydroxylation is 3. The minimum absolute atomic E-state index is 0.176. The monoisotopic (exact) mass is 473 g/mol. The molecule has 0 saturated heterocycles. The van der Waals surface area contributed by atoms with Gasteiger partial charge in [0, 0.05) is 6.07 Å². The second-order valence-electron chi connectivity index (χ2n) is 8.80. The van der Waals surface area contributed by atoms with Crippen LogP contribution in [0.4, 0.5) is 8.78 Å². The lowest BCUT2D eigenvalue weighted by molar-refractivity contribution is -0.124. The maximum absolute atomic E-state index is 14.2. The van der Waals surface area contributed by atoms with E-state index in [9.17, 15) is 18.7 Å². The summed E-state index contributed by atoms with van der Waals surface area (Å²) in [5.74, 6) is -1.46. The summed E-state index contributed by atoms with van der Waals surface area (Å²) in [5, 5.41) is 13.9. The Hall–Kier alpha value is -2.88. The number of nitrogens with two attached hydrogens (primary N) is 2. The van der Waals surface area contributed by atoms with E-state index < -0.39 is 35.7 Å². The number of halogens is 2. The number of carbonyl (C=O) groups excluding carboxylic acids is 1. The molecule has 0 bridgehead atoms.